The molecular formula is C24H16BrClN2O4. The number of rotatable bonds is 5. The van der Waals surface area contributed by atoms with Gasteiger partial charge in [0.25, 0.3) is 11.8 Å². The normalized spacial score (nSPS) is 15.1. The standard InChI is InChI=1S/C24H16BrClN2O4/c25-17-7-5-15(6-8-17)13-20-22(29)27-24(31)28(23(20)30)18-9-11-19(12-10-18)32-14-16-3-1-2-4-21(16)26/h1-13H,14H2,(H,27,29,31)/b20-13+. The van der Waals surface area contributed by atoms with Crippen LogP contribution >= 0.6 is 27.5 Å². The summed E-state index contributed by atoms with van der Waals surface area (Å²) in [6, 6.07) is 20.1. The van der Waals surface area contributed by atoms with Crippen LogP contribution in [-0.2, 0) is 16.2 Å². The number of urea groups is 1. The Balaban J connectivity index is 1.53. The van der Waals surface area contributed by atoms with Crippen LogP contribution in [0, 0.1) is 0 Å². The number of imide groups is 2. The Morgan fingerprint density at radius 3 is 2.31 bits per heavy atom. The number of hydrogen-bond acceptors (Lipinski definition) is 4. The highest BCUT2D eigenvalue weighted by molar-refractivity contribution is 9.10. The monoisotopic (exact) mass is 510 g/mol. The van der Waals surface area contributed by atoms with Crippen molar-refractivity contribution in [3.63, 3.8) is 0 Å². The van der Waals surface area contributed by atoms with Gasteiger partial charge in [-0.2, -0.15) is 0 Å². The number of nitrogens with one attached hydrogen (secondary N) is 1. The molecule has 0 bridgehead atoms. The number of anilines is 1. The van der Waals surface area contributed by atoms with Gasteiger partial charge in [-0.15, -0.1) is 0 Å². The third kappa shape index (κ3) is 4.74. The second-order valence-electron chi connectivity index (χ2n) is 6.88. The Bertz CT molecular complexity index is 1220. The fourth-order valence-corrected chi connectivity index (χ4v) is 3.54. The first-order chi connectivity index (χ1) is 15.4. The minimum atomic E-state index is -0.808. The number of amides is 4. The molecule has 1 fully saturated rings. The number of carbonyl (C=O) groups is 3. The predicted molar refractivity (Wildman–Crippen MR) is 125 cm³/mol. The van der Waals surface area contributed by atoms with Gasteiger partial charge in [0.1, 0.15) is 17.9 Å². The molecule has 3 aromatic carbocycles. The summed E-state index contributed by atoms with van der Waals surface area (Å²) in [5.74, 6) is -0.898. The van der Waals surface area contributed by atoms with Gasteiger partial charge in [0.2, 0.25) is 0 Å². The van der Waals surface area contributed by atoms with E-state index in [0.717, 1.165) is 14.9 Å². The van der Waals surface area contributed by atoms with Crippen molar-refractivity contribution in [1.82, 2.24) is 5.32 Å². The minimum Gasteiger partial charge on any atom is -0.489 e. The maximum atomic E-state index is 13.0. The molecule has 0 unspecified atom stereocenters. The lowest BCUT2D eigenvalue weighted by atomic mass is 10.1. The number of barbiturate groups is 1. The van der Waals surface area contributed by atoms with Crippen LogP contribution in [0.4, 0.5) is 10.5 Å². The molecule has 1 aliphatic heterocycles. The predicted octanol–water partition coefficient (Wildman–Crippen LogP) is 5.35. The second kappa shape index (κ2) is 9.38. The largest absolute Gasteiger partial charge is 0.489 e. The fraction of sp³-hybridized carbons (Fsp3) is 0.0417. The third-order valence-electron chi connectivity index (χ3n) is 4.73. The van der Waals surface area contributed by atoms with Crippen LogP contribution in [0.25, 0.3) is 6.08 Å². The van der Waals surface area contributed by atoms with E-state index in [1.165, 1.54) is 6.08 Å². The fourth-order valence-electron chi connectivity index (χ4n) is 3.09. The summed E-state index contributed by atoms with van der Waals surface area (Å²) in [7, 11) is 0. The van der Waals surface area contributed by atoms with Crippen LogP contribution < -0.4 is 15.0 Å². The molecule has 0 aromatic heterocycles. The first-order valence-electron chi connectivity index (χ1n) is 9.55. The average molecular weight is 512 g/mol. The van der Waals surface area contributed by atoms with E-state index in [2.05, 4.69) is 21.2 Å². The Kier molecular flexibility index (Phi) is 6.39. The zero-order valence-electron chi connectivity index (χ0n) is 16.5. The van der Waals surface area contributed by atoms with Crippen molar-refractivity contribution in [2.24, 2.45) is 0 Å². The molecule has 1 N–H and O–H groups in total. The van der Waals surface area contributed by atoms with Gasteiger partial charge in [-0.25, -0.2) is 9.69 Å². The molecule has 0 aliphatic carbocycles. The lowest BCUT2D eigenvalue weighted by Gasteiger charge is -2.26. The van der Waals surface area contributed by atoms with E-state index >= 15 is 0 Å². The van der Waals surface area contributed by atoms with Crippen LogP contribution in [0.1, 0.15) is 11.1 Å². The maximum absolute atomic E-state index is 13.0. The van der Waals surface area contributed by atoms with Gasteiger partial charge in [-0.3, -0.25) is 14.9 Å². The number of ether oxygens (including phenoxy) is 1. The summed E-state index contributed by atoms with van der Waals surface area (Å²) >= 11 is 9.48. The zero-order chi connectivity index (χ0) is 22.7. The van der Waals surface area contributed by atoms with Crippen molar-refractivity contribution < 1.29 is 19.1 Å². The topological polar surface area (TPSA) is 75.7 Å². The Morgan fingerprint density at radius 2 is 1.62 bits per heavy atom. The average Bonchev–Trinajstić information content (AvgIpc) is 2.78. The SMILES string of the molecule is O=C1NC(=O)N(c2ccc(OCc3ccccc3Cl)cc2)C(=O)/C1=C/c1ccc(Br)cc1. The van der Waals surface area contributed by atoms with E-state index in [1.54, 1.807) is 54.6 Å². The van der Waals surface area contributed by atoms with E-state index in [0.29, 0.717) is 22.0 Å². The first-order valence-corrected chi connectivity index (χ1v) is 10.7. The Morgan fingerprint density at radius 1 is 0.938 bits per heavy atom. The molecule has 4 rings (SSSR count). The highest BCUT2D eigenvalue weighted by atomic mass is 79.9. The molecular weight excluding hydrogens is 496 g/mol. The van der Waals surface area contributed by atoms with Gasteiger partial charge in [0.05, 0.1) is 5.69 Å². The Labute approximate surface area is 197 Å². The summed E-state index contributed by atoms with van der Waals surface area (Å²) in [6.45, 7) is 0.275. The van der Waals surface area contributed by atoms with Crippen molar-refractivity contribution in [3.05, 3.63) is 99.0 Å². The van der Waals surface area contributed by atoms with Crippen molar-refractivity contribution in [2.45, 2.75) is 6.61 Å². The van der Waals surface area contributed by atoms with Gasteiger partial charge in [0.15, 0.2) is 0 Å². The van der Waals surface area contributed by atoms with E-state index in [4.69, 9.17) is 16.3 Å². The van der Waals surface area contributed by atoms with Crippen LogP contribution in [0.3, 0.4) is 0 Å². The van der Waals surface area contributed by atoms with E-state index in [-0.39, 0.29) is 12.2 Å². The molecule has 0 spiro atoms. The van der Waals surface area contributed by atoms with E-state index in [1.807, 2.05) is 18.2 Å². The molecule has 0 saturated carbocycles. The number of carbonyl (C=O) groups excluding carboxylic acids is 3. The quantitative estimate of drug-likeness (QED) is 0.370. The highest BCUT2D eigenvalue weighted by Gasteiger charge is 2.36. The summed E-state index contributed by atoms with van der Waals surface area (Å²) in [6.07, 6.45) is 1.45. The van der Waals surface area contributed by atoms with Crippen LogP contribution in [0.5, 0.6) is 5.75 Å². The molecule has 1 saturated heterocycles. The second-order valence-corrected chi connectivity index (χ2v) is 8.21. The van der Waals surface area contributed by atoms with Gasteiger partial charge in [-0.05, 0) is 54.1 Å². The molecule has 8 heteroatoms. The van der Waals surface area contributed by atoms with Gasteiger partial charge >= 0.3 is 6.03 Å². The van der Waals surface area contributed by atoms with Crippen molar-refractivity contribution in [1.29, 1.82) is 0 Å². The molecule has 1 heterocycles. The molecule has 32 heavy (non-hydrogen) atoms. The van der Waals surface area contributed by atoms with E-state index in [9.17, 15) is 14.4 Å². The third-order valence-corrected chi connectivity index (χ3v) is 5.63. The lowest BCUT2D eigenvalue weighted by molar-refractivity contribution is -0.122. The van der Waals surface area contributed by atoms with Gasteiger partial charge < -0.3 is 4.74 Å². The summed E-state index contributed by atoms with van der Waals surface area (Å²) in [5, 5.41) is 2.82. The lowest BCUT2D eigenvalue weighted by Crippen LogP contribution is -2.54. The van der Waals surface area contributed by atoms with Crippen LogP contribution in [0.2, 0.25) is 5.02 Å². The first kappa shape index (κ1) is 21.8. The number of hydrogen-bond donors (Lipinski definition) is 1. The zero-order valence-corrected chi connectivity index (χ0v) is 18.9. The van der Waals surface area contributed by atoms with Crippen molar-refractivity contribution in [2.75, 3.05) is 4.90 Å². The van der Waals surface area contributed by atoms with Crippen molar-refractivity contribution >= 4 is 57.1 Å². The molecule has 1 aliphatic rings. The van der Waals surface area contributed by atoms with Crippen LogP contribution in [0.15, 0.2) is 82.8 Å². The molecule has 0 atom stereocenters. The van der Waals surface area contributed by atoms with Gasteiger partial charge in [-0.1, -0.05) is 57.9 Å². The maximum Gasteiger partial charge on any atom is 0.335 e. The van der Waals surface area contributed by atoms with Crippen molar-refractivity contribution in [3.8, 4) is 5.75 Å². The number of halogens is 2. The minimum absolute atomic E-state index is 0.133. The summed E-state index contributed by atoms with van der Waals surface area (Å²) in [4.78, 5) is 38.6. The molecule has 4 amide bonds. The number of nitrogens with zero attached hydrogens (tertiary/aromatic N) is 1. The molecule has 0 radical (unpaired) electrons. The van der Waals surface area contributed by atoms with E-state index < -0.39 is 17.8 Å². The summed E-state index contributed by atoms with van der Waals surface area (Å²) in [5.41, 5.74) is 1.67. The Hall–Kier alpha value is -3.42. The van der Waals surface area contributed by atoms with Gasteiger partial charge in [0, 0.05) is 15.1 Å². The van der Waals surface area contributed by atoms with Crippen LogP contribution in [-0.4, -0.2) is 17.8 Å². The molecule has 3 aromatic rings. The molecule has 6 nitrogen and oxygen atoms in total. The smallest absolute Gasteiger partial charge is 0.335 e. The number of benzene rings is 3. The highest BCUT2D eigenvalue weighted by Crippen LogP contribution is 2.25. The molecule has 160 valence electrons. The summed E-state index contributed by atoms with van der Waals surface area (Å²) < 4.78 is 6.61.